The number of alkyl halides is 1. The molecule has 0 spiro atoms. The van der Waals surface area contributed by atoms with Gasteiger partial charge in [-0.2, -0.15) is 0 Å². The molecule has 8 heteroatoms. The smallest absolute Gasteiger partial charge is 0.356 e. The van der Waals surface area contributed by atoms with E-state index >= 15 is 0 Å². The Bertz CT molecular complexity index is 1030. The fourth-order valence-corrected chi connectivity index (χ4v) is 2.49. The van der Waals surface area contributed by atoms with E-state index in [1.54, 1.807) is 24.3 Å². The van der Waals surface area contributed by atoms with E-state index in [-0.39, 0.29) is 18.5 Å². The molecule has 1 fully saturated rings. The van der Waals surface area contributed by atoms with Gasteiger partial charge in [0.05, 0.1) is 7.11 Å². The number of amides is 1. The lowest BCUT2D eigenvalue weighted by molar-refractivity contribution is -0.122. The quantitative estimate of drug-likeness (QED) is 0.723. The van der Waals surface area contributed by atoms with Crippen LogP contribution in [0.2, 0.25) is 0 Å². The van der Waals surface area contributed by atoms with Crippen LogP contribution < -0.4 is 5.32 Å². The normalized spacial score (nSPS) is 14.8. The summed E-state index contributed by atoms with van der Waals surface area (Å²) in [4.78, 5) is 31.7. The number of rotatable bonds is 4. The van der Waals surface area contributed by atoms with Gasteiger partial charge in [-0.15, -0.1) is 0 Å². The van der Waals surface area contributed by atoms with E-state index < -0.39 is 17.5 Å². The van der Waals surface area contributed by atoms with Gasteiger partial charge < -0.3 is 14.5 Å². The number of hydrogen-bond acceptors (Lipinski definition) is 6. The van der Waals surface area contributed by atoms with E-state index in [1.807, 2.05) is 0 Å². The Morgan fingerprint density at radius 1 is 1.27 bits per heavy atom. The van der Waals surface area contributed by atoms with Crippen LogP contribution in [0.5, 0.6) is 0 Å². The Labute approximate surface area is 147 Å². The first-order valence-electron chi connectivity index (χ1n) is 7.94. The molecular formula is C18H14FN3O4. The third-order valence-corrected chi connectivity index (χ3v) is 4.14. The summed E-state index contributed by atoms with van der Waals surface area (Å²) in [6, 6.07) is 8.03. The number of nitrogens with zero attached hydrogens (tertiary/aromatic N) is 2. The minimum Gasteiger partial charge on any atom is -0.464 e. The molecule has 0 radical (unpaired) electrons. The van der Waals surface area contributed by atoms with Crippen molar-refractivity contribution in [2.45, 2.75) is 18.5 Å². The number of nitrogens with one attached hydrogen (secondary N) is 1. The van der Waals surface area contributed by atoms with Crippen molar-refractivity contribution in [2.75, 3.05) is 12.4 Å². The van der Waals surface area contributed by atoms with Crippen LogP contribution in [0.3, 0.4) is 0 Å². The number of ether oxygens (including phenoxy) is 1. The van der Waals surface area contributed by atoms with Crippen LogP contribution in [0.1, 0.15) is 23.3 Å². The van der Waals surface area contributed by atoms with E-state index in [0.717, 1.165) is 0 Å². The minimum atomic E-state index is -1.74. The van der Waals surface area contributed by atoms with Crippen molar-refractivity contribution < 1.29 is 23.1 Å². The summed E-state index contributed by atoms with van der Waals surface area (Å²) in [5.41, 5.74) is 0.386. The highest BCUT2D eigenvalue weighted by atomic mass is 19.1. The van der Waals surface area contributed by atoms with Gasteiger partial charge in [0.2, 0.25) is 5.89 Å². The Kier molecular flexibility index (Phi) is 3.68. The largest absolute Gasteiger partial charge is 0.464 e. The molecule has 132 valence electrons. The van der Waals surface area contributed by atoms with Crippen molar-refractivity contribution in [3.05, 3.63) is 42.2 Å². The molecule has 1 amide bonds. The van der Waals surface area contributed by atoms with E-state index in [4.69, 9.17) is 4.42 Å². The van der Waals surface area contributed by atoms with Crippen molar-refractivity contribution in [1.82, 2.24) is 9.97 Å². The molecule has 1 aromatic carbocycles. The van der Waals surface area contributed by atoms with Crippen LogP contribution in [0.25, 0.3) is 22.6 Å². The summed E-state index contributed by atoms with van der Waals surface area (Å²) in [5.74, 6) is -0.911. The monoisotopic (exact) mass is 355 g/mol. The van der Waals surface area contributed by atoms with Gasteiger partial charge in [-0.1, -0.05) is 0 Å². The van der Waals surface area contributed by atoms with Crippen molar-refractivity contribution in [3.63, 3.8) is 0 Å². The first-order valence-corrected chi connectivity index (χ1v) is 7.94. The highest BCUT2D eigenvalue weighted by Gasteiger charge is 2.50. The number of aromatic nitrogens is 2. The molecule has 0 unspecified atom stereocenters. The zero-order valence-electron chi connectivity index (χ0n) is 13.8. The van der Waals surface area contributed by atoms with Crippen molar-refractivity contribution >= 4 is 28.7 Å². The Balaban J connectivity index is 1.63. The molecule has 1 aliphatic rings. The van der Waals surface area contributed by atoms with Crippen molar-refractivity contribution in [2.24, 2.45) is 0 Å². The van der Waals surface area contributed by atoms with E-state index in [1.165, 1.54) is 19.4 Å². The SMILES string of the molecule is COC(=O)c1cc(-c2nc3cc(NC(=O)C4(F)CC4)ccc3o2)ccn1. The third kappa shape index (κ3) is 2.90. The van der Waals surface area contributed by atoms with Crippen LogP contribution in [0, 0.1) is 0 Å². The van der Waals surface area contributed by atoms with Crippen LogP contribution in [-0.4, -0.2) is 34.6 Å². The first kappa shape index (κ1) is 16.2. The summed E-state index contributed by atoms with van der Waals surface area (Å²) in [5, 5.41) is 2.55. The average molecular weight is 355 g/mol. The molecule has 1 N–H and O–H groups in total. The Morgan fingerprint density at radius 2 is 2.08 bits per heavy atom. The maximum absolute atomic E-state index is 13.8. The minimum absolute atomic E-state index is 0.137. The lowest BCUT2D eigenvalue weighted by Crippen LogP contribution is -2.25. The maximum atomic E-state index is 13.8. The van der Waals surface area contributed by atoms with Gasteiger partial charge >= 0.3 is 5.97 Å². The molecule has 0 aliphatic heterocycles. The number of anilines is 1. The molecule has 2 aromatic heterocycles. The highest BCUT2D eigenvalue weighted by molar-refractivity contribution is 6.00. The summed E-state index contributed by atoms with van der Waals surface area (Å²) < 4.78 is 24.1. The van der Waals surface area contributed by atoms with Gasteiger partial charge in [0.1, 0.15) is 11.2 Å². The Hall–Kier alpha value is -3.29. The molecule has 4 rings (SSSR count). The second-order valence-corrected chi connectivity index (χ2v) is 6.04. The molecule has 0 saturated heterocycles. The lowest BCUT2D eigenvalue weighted by Gasteiger charge is -2.06. The number of benzene rings is 1. The van der Waals surface area contributed by atoms with Gasteiger partial charge in [-0.3, -0.25) is 4.79 Å². The number of oxazole rings is 1. The Morgan fingerprint density at radius 3 is 2.81 bits per heavy atom. The standard InChI is InChI=1S/C18H14FN3O4/c1-25-16(23)13-8-10(4-7-20-13)15-22-12-9-11(2-3-14(12)26-15)21-17(24)18(19)5-6-18/h2-4,7-9H,5-6H2,1H3,(H,21,24). The maximum Gasteiger partial charge on any atom is 0.356 e. The summed E-state index contributed by atoms with van der Waals surface area (Å²) >= 11 is 0. The molecule has 0 bridgehead atoms. The third-order valence-electron chi connectivity index (χ3n) is 4.14. The van der Waals surface area contributed by atoms with Gasteiger partial charge in [0.15, 0.2) is 11.3 Å². The van der Waals surface area contributed by atoms with Crippen molar-refractivity contribution in [3.8, 4) is 11.5 Å². The summed E-state index contributed by atoms with van der Waals surface area (Å²) in [7, 11) is 1.27. The van der Waals surface area contributed by atoms with E-state index in [2.05, 4.69) is 20.0 Å². The predicted molar refractivity (Wildman–Crippen MR) is 90.3 cm³/mol. The lowest BCUT2D eigenvalue weighted by atomic mass is 10.2. The van der Waals surface area contributed by atoms with E-state index in [0.29, 0.717) is 28.2 Å². The van der Waals surface area contributed by atoms with E-state index in [9.17, 15) is 14.0 Å². The van der Waals surface area contributed by atoms with Crippen LogP contribution in [-0.2, 0) is 9.53 Å². The molecule has 1 aliphatic carbocycles. The van der Waals surface area contributed by atoms with Gasteiger partial charge in [0.25, 0.3) is 5.91 Å². The molecule has 26 heavy (non-hydrogen) atoms. The average Bonchev–Trinajstić information content (AvgIpc) is 3.27. The van der Waals surface area contributed by atoms with Crippen LogP contribution in [0.4, 0.5) is 10.1 Å². The first-order chi connectivity index (χ1) is 12.5. The van der Waals surface area contributed by atoms with Gasteiger partial charge in [-0.05, 0) is 43.2 Å². The number of carbonyl (C=O) groups is 2. The molecule has 0 atom stereocenters. The second-order valence-electron chi connectivity index (χ2n) is 6.04. The van der Waals surface area contributed by atoms with Crippen molar-refractivity contribution in [1.29, 1.82) is 0 Å². The molecule has 2 heterocycles. The molecule has 3 aromatic rings. The zero-order chi connectivity index (χ0) is 18.3. The highest BCUT2D eigenvalue weighted by Crippen LogP contribution is 2.40. The fraction of sp³-hybridized carbons (Fsp3) is 0.222. The number of halogens is 1. The predicted octanol–water partition coefficient (Wildman–Crippen LogP) is 3.12. The second kappa shape index (κ2) is 5.91. The molecule has 1 saturated carbocycles. The molecular weight excluding hydrogens is 341 g/mol. The van der Waals surface area contributed by atoms with Gasteiger partial charge in [-0.25, -0.2) is 19.2 Å². The van der Waals surface area contributed by atoms with Crippen LogP contribution in [0.15, 0.2) is 40.9 Å². The number of fused-ring (bicyclic) bond motifs is 1. The summed E-state index contributed by atoms with van der Waals surface area (Å²) in [6.07, 6.45) is 1.96. The topological polar surface area (TPSA) is 94.3 Å². The number of pyridine rings is 1. The number of carbonyl (C=O) groups excluding carboxylic acids is 2. The number of methoxy groups -OCH3 is 1. The fourth-order valence-electron chi connectivity index (χ4n) is 2.49. The van der Waals surface area contributed by atoms with Crippen LogP contribution >= 0.6 is 0 Å². The number of esters is 1. The summed E-state index contributed by atoms with van der Waals surface area (Å²) in [6.45, 7) is 0. The zero-order valence-corrected chi connectivity index (χ0v) is 13.8. The molecule has 7 nitrogen and oxygen atoms in total. The van der Waals surface area contributed by atoms with Gasteiger partial charge in [0, 0.05) is 17.4 Å². The number of hydrogen-bond donors (Lipinski definition) is 1.